The van der Waals surface area contributed by atoms with E-state index in [0.717, 1.165) is 0 Å². The van der Waals surface area contributed by atoms with Crippen molar-refractivity contribution < 1.29 is 72.4 Å². The number of benzene rings is 1. The van der Waals surface area contributed by atoms with Crippen molar-refractivity contribution in [2.75, 3.05) is 13.2 Å². The van der Waals surface area contributed by atoms with E-state index in [1.54, 1.807) is 0 Å². The predicted octanol–water partition coefficient (Wildman–Crippen LogP) is 5.49. The zero-order valence-electron chi connectivity index (χ0n) is 19.1. The van der Waals surface area contributed by atoms with Crippen LogP contribution in [-0.2, 0) is 18.9 Å². The number of hydrogen-bond donors (Lipinski definition) is 0. The molecule has 0 N–H and O–H groups in total. The second-order valence-electron chi connectivity index (χ2n) is 8.58. The van der Waals surface area contributed by atoms with Crippen molar-refractivity contribution in [1.82, 2.24) is 0 Å². The topological polar surface area (TPSA) is 71.1 Å². The Morgan fingerprint density at radius 3 is 1.21 bits per heavy atom. The van der Waals surface area contributed by atoms with Gasteiger partial charge in [0.25, 0.3) is 12.2 Å². The molecule has 0 radical (unpaired) electrons. The third-order valence-corrected chi connectivity index (χ3v) is 5.82. The standard InChI is InChI=1S/C22H20F10O6/c23-19(24,13-3-1-9-35-13)17(21(27,28)29)37-15(33)11-5-7-12(8-6-11)16(34)38-18(22(30,31)32)20(25,26)14-4-2-10-36-14/h5-8,13-14,17-18H,1-4,9-10H2. The number of alkyl halides is 10. The third-order valence-electron chi connectivity index (χ3n) is 5.82. The van der Waals surface area contributed by atoms with Crippen LogP contribution in [0.2, 0.25) is 0 Å². The number of ether oxygens (including phenoxy) is 4. The van der Waals surface area contributed by atoms with E-state index in [2.05, 4.69) is 18.9 Å². The van der Waals surface area contributed by atoms with Crippen LogP contribution < -0.4 is 0 Å². The molecule has 2 heterocycles. The highest BCUT2D eigenvalue weighted by Gasteiger charge is 2.64. The van der Waals surface area contributed by atoms with Gasteiger partial charge in [0, 0.05) is 13.2 Å². The summed E-state index contributed by atoms with van der Waals surface area (Å²) in [6.45, 7) is -0.434. The molecule has 4 atom stereocenters. The van der Waals surface area contributed by atoms with Crippen molar-refractivity contribution in [3.63, 3.8) is 0 Å². The number of carbonyl (C=O) groups is 2. The molecular weight excluding hydrogens is 550 g/mol. The molecule has 1 aromatic carbocycles. The first-order chi connectivity index (χ1) is 17.5. The molecule has 38 heavy (non-hydrogen) atoms. The first-order valence-corrected chi connectivity index (χ1v) is 11.1. The third kappa shape index (κ3) is 6.50. The Bertz CT molecular complexity index is 901. The van der Waals surface area contributed by atoms with Gasteiger partial charge in [-0.05, 0) is 49.9 Å². The second kappa shape index (κ2) is 10.9. The summed E-state index contributed by atoms with van der Waals surface area (Å²) in [5.74, 6) is -13.1. The van der Waals surface area contributed by atoms with Crippen LogP contribution in [0, 0.1) is 0 Å². The molecule has 16 heteroatoms. The number of carbonyl (C=O) groups excluding carboxylic acids is 2. The maximum atomic E-state index is 14.4. The number of hydrogen-bond acceptors (Lipinski definition) is 6. The van der Waals surface area contributed by atoms with Gasteiger partial charge in [-0.3, -0.25) is 0 Å². The molecule has 3 rings (SSSR count). The highest BCUT2D eigenvalue weighted by atomic mass is 19.4. The largest absolute Gasteiger partial charge is 0.442 e. The zero-order valence-corrected chi connectivity index (χ0v) is 19.1. The molecule has 0 aromatic heterocycles. The van der Waals surface area contributed by atoms with Crippen LogP contribution in [0.3, 0.4) is 0 Å². The fourth-order valence-electron chi connectivity index (χ4n) is 3.92. The molecule has 0 saturated carbocycles. The van der Waals surface area contributed by atoms with Crippen molar-refractivity contribution in [3.8, 4) is 0 Å². The first kappa shape index (κ1) is 29.9. The van der Waals surface area contributed by atoms with Crippen LogP contribution in [0.25, 0.3) is 0 Å². The summed E-state index contributed by atoms with van der Waals surface area (Å²) in [5.41, 5.74) is -1.59. The van der Waals surface area contributed by atoms with Crippen LogP contribution in [-0.4, -0.2) is 73.8 Å². The van der Waals surface area contributed by atoms with E-state index in [4.69, 9.17) is 0 Å². The quantitative estimate of drug-likeness (QED) is 0.304. The van der Waals surface area contributed by atoms with Crippen molar-refractivity contribution in [2.45, 2.75) is 74.3 Å². The van der Waals surface area contributed by atoms with Gasteiger partial charge < -0.3 is 18.9 Å². The molecule has 0 spiro atoms. The lowest BCUT2D eigenvalue weighted by Crippen LogP contribution is -2.54. The van der Waals surface area contributed by atoms with E-state index in [9.17, 15) is 53.5 Å². The Morgan fingerprint density at radius 1 is 0.658 bits per heavy atom. The lowest BCUT2D eigenvalue weighted by molar-refractivity contribution is -0.290. The summed E-state index contributed by atoms with van der Waals surface area (Å²) in [4.78, 5) is 24.3. The summed E-state index contributed by atoms with van der Waals surface area (Å²) >= 11 is 0. The minimum atomic E-state index is -5.70. The fraction of sp³-hybridized carbons (Fsp3) is 0.636. The van der Waals surface area contributed by atoms with Gasteiger partial charge in [-0.25, -0.2) is 9.59 Å². The van der Waals surface area contributed by atoms with Crippen molar-refractivity contribution >= 4 is 11.9 Å². The minimum absolute atomic E-state index is 0.0607. The van der Waals surface area contributed by atoms with Gasteiger partial charge in [-0.1, -0.05) is 0 Å². The highest BCUT2D eigenvalue weighted by molar-refractivity contribution is 5.93. The van der Waals surface area contributed by atoms with Crippen LogP contribution in [0.1, 0.15) is 46.4 Å². The van der Waals surface area contributed by atoms with Gasteiger partial charge in [0.1, 0.15) is 12.2 Å². The maximum Gasteiger partial charge on any atom is 0.431 e. The molecule has 0 bridgehead atoms. The van der Waals surface area contributed by atoms with E-state index in [1.165, 1.54) is 0 Å². The molecule has 1 aromatic rings. The maximum absolute atomic E-state index is 14.4. The normalized spacial score (nSPS) is 22.7. The number of rotatable bonds is 8. The van der Waals surface area contributed by atoms with E-state index in [1.807, 2.05) is 0 Å². The van der Waals surface area contributed by atoms with Gasteiger partial charge in [-0.15, -0.1) is 0 Å². The van der Waals surface area contributed by atoms with E-state index in [0.29, 0.717) is 24.3 Å². The SMILES string of the molecule is O=C(OC(C(F)(F)F)C(F)(F)C1CCCO1)c1ccc(C(=O)OC(C(F)(F)F)C(F)(F)C2CCCO2)cc1. The van der Waals surface area contributed by atoms with Gasteiger partial charge >= 0.3 is 36.1 Å². The Hall–Kier alpha value is -2.62. The average Bonchev–Trinajstić information content (AvgIpc) is 3.54. The molecule has 2 fully saturated rings. The van der Waals surface area contributed by atoms with Gasteiger partial charge in [0.15, 0.2) is 0 Å². The molecule has 214 valence electrons. The predicted molar refractivity (Wildman–Crippen MR) is 105 cm³/mol. The fourth-order valence-corrected chi connectivity index (χ4v) is 3.92. The van der Waals surface area contributed by atoms with Crippen molar-refractivity contribution in [1.29, 1.82) is 0 Å². The minimum Gasteiger partial charge on any atom is -0.442 e. The Kier molecular flexibility index (Phi) is 8.56. The van der Waals surface area contributed by atoms with Crippen LogP contribution in [0.5, 0.6) is 0 Å². The lowest BCUT2D eigenvalue weighted by Gasteiger charge is -2.31. The van der Waals surface area contributed by atoms with Crippen LogP contribution in [0.15, 0.2) is 24.3 Å². The van der Waals surface area contributed by atoms with E-state index >= 15 is 0 Å². The molecular formula is C22H20F10O6. The molecule has 2 aliphatic heterocycles. The summed E-state index contributed by atoms with van der Waals surface area (Å²) in [6, 6.07) is 2.27. The Balaban J connectivity index is 1.74. The molecule has 6 nitrogen and oxygen atoms in total. The highest BCUT2D eigenvalue weighted by Crippen LogP contribution is 2.42. The Morgan fingerprint density at radius 2 is 0.974 bits per heavy atom. The molecule has 4 unspecified atom stereocenters. The van der Waals surface area contributed by atoms with Crippen LogP contribution >= 0.6 is 0 Å². The average molecular weight is 570 g/mol. The number of halogens is 10. The summed E-state index contributed by atoms with van der Waals surface area (Å²) in [6.07, 6.45) is -24.2. The Labute approximate surface area is 208 Å². The second-order valence-corrected chi connectivity index (χ2v) is 8.58. The molecule has 2 saturated heterocycles. The summed E-state index contributed by atoms with van der Waals surface area (Å²) in [7, 11) is 0. The van der Waals surface area contributed by atoms with Gasteiger partial charge in [0.05, 0.1) is 11.1 Å². The first-order valence-electron chi connectivity index (χ1n) is 11.1. The summed E-state index contributed by atoms with van der Waals surface area (Å²) < 4.78 is 155. The van der Waals surface area contributed by atoms with Crippen LogP contribution in [0.4, 0.5) is 43.9 Å². The smallest absolute Gasteiger partial charge is 0.431 e. The van der Waals surface area contributed by atoms with E-state index in [-0.39, 0.29) is 26.1 Å². The monoisotopic (exact) mass is 570 g/mol. The lowest BCUT2D eigenvalue weighted by atomic mass is 10.0. The molecule has 0 amide bonds. The molecule has 0 aliphatic carbocycles. The zero-order chi connectivity index (χ0) is 28.5. The summed E-state index contributed by atoms with van der Waals surface area (Å²) in [5, 5.41) is 0. The number of esters is 2. The van der Waals surface area contributed by atoms with Crippen molar-refractivity contribution in [2.24, 2.45) is 0 Å². The van der Waals surface area contributed by atoms with E-state index < -0.39 is 84.5 Å². The van der Waals surface area contributed by atoms with Gasteiger partial charge in [-0.2, -0.15) is 43.9 Å². The molecule has 2 aliphatic rings. The van der Waals surface area contributed by atoms with Gasteiger partial charge in [0.2, 0.25) is 0 Å². The van der Waals surface area contributed by atoms with Crippen molar-refractivity contribution in [3.05, 3.63) is 35.4 Å².